The largest absolute Gasteiger partial charge is 0.493 e. The molecular weight excluding hydrogens is 669 g/mol. The fourth-order valence-corrected chi connectivity index (χ4v) is 8.82. The van der Waals surface area contributed by atoms with Crippen LogP contribution in [-0.2, 0) is 25.3 Å². The van der Waals surface area contributed by atoms with Crippen LogP contribution in [0, 0.1) is 23.2 Å². The van der Waals surface area contributed by atoms with Crippen molar-refractivity contribution in [2.24, 2.45) is 23.2 Å². The first-order chi connectivity index (χ1) is 25.3. The van der Waals surface area contributed by atoms with Gasteiger partial charge in [0.15, 0.2) is 11.5 Å². The van der Waals surface area contributed by atoms with Gasteiger partial charge in [0.1, 0.15) is 12.1 Å². The molecule has 11 heteroatoms. The highest BCUT2D eigenvalue weighted by Crippen LogP contribution is 2.65. The minimum absolute atomic E-state index is 0.00962. The summed E-state index contributed by atoms with van der Waals surface area (Å²) >= 11 is 0. The fraction of sp³-hybridized carbons (Fsp3) is 0.524. The maximum Gasteiger partial charge on any atom is 0.481 e. The number of rotatable bonds is 15. The van der Waals surface area contributed by atoms with Gasteiger partial charge in [-0.15, -0.1) is 0 Å². The molecule has 7 atom stereocenters. The molecule has 3 N–H and O–H groups in total. The topological polar surface area (TPSA) is 116 Å². The van der Waals surface area contributed by atoms with Gasteiger partial charge < -0.3 is 39.5 Å². The van der Waals surface area contributed by atoms with E-state index >= 15 is 0 Å². The van der Waals surface area contributed by atoms with Crippen LogP contribution in [0.5, 0.6) is 17.2 Å². The summed E-state index contributed by atoms with van der Waals surface area (Å²) in [5, 5.41) is 9.65. The summed E-state index contributed by atoms with van der Waals surface area (Å²) in [6.07, 6.45) is 3.09. The second-order valence-electron chi connectivity index (χ2n) is 16.2. The van der Waals surface area contributed by atoms with Crippen molar-refractivity contribution in [1.29, 1.82) is 0 Å². The molecule has 1 aliphatic heterocycles. The molecule has 4 fully saturated rings. The van der Waals surface area contributed by atoms with Crippen LogP contribution >= 0.6 is 0 Å². The number of carbonyl (C=O) groups excluding carboxylic acids is 2. The van der Waals surface area contributed by atoms with E-state index in [1.165, 1.54) is 0 Å². The average molecular weight is 726 g/mol. The molecule has 1 heterocycles. The highest BCUT2D eigenvalue weighted by molar-refractivity contribution is 6.48. The smallest absolute Gasteiger partial charge is 0.481 e. The number of methoxy groups -OCH3 is 3. The Bertz CT molecular complexity index is 1750. The lowest BCUT2D eigenvalue weighted by atomic mass is 9.43. The first-order valence-electron chi connectivity index (χ1n) is 18.9. The van der Waals surface area contributed by atoms with Gasteiger partial charge in [-0.1, -0.05) is 70.2 Å². The van der Waals surface area contributed by atoms with E-state index in [1.807, 2.05) is 66.7 Å². The van der Waals surface area contributed by atoms with Gasteiger partial charge in [-0.2, -0.15) is 0 Å². The Labute approximate surface area is 315 Å². The summed E-state index contributed by atoms with van der Waals surface area (Å²) in [5.41, 5.74) is 3.46. The molecule has 2 bridgehead atoms. The molecule has 0 radical (unpaired) electrons. The summed E-state index contributed by atoms with van der Waals surface area (Å²) in [6, 6.07) is 20.1. The predicted molar refractivity (Wildman–Crippen MR) is 208 cm³/mol. The number of nitrogens with one attached hydrogen (secondary N) is 3. The van der Waals surface area contributed by atoms with Gasteiger partial charge >= 0.3 is 7.12 Å². The predicted octanol–water partition coefficient (Wildman–Crippen LogP) is 6.71. The van der Waals surface area contributed by atoms with E-state index in [9.17, 15) is 9.59 Å². The summed E-state index contributed by atoms with van der Waals surface area (Å²) in [5.74, 6) is 1.79. The molecular formula is C42H56BN3O7. The van der Waals surface area contributed by atoms with Crippen molar-refractivity contribution in [3.63, 3.8) is 0 Å². The van der Waals surface area contributed by atoms with Gasteiger partial charge in [-0.3, -0.25) is 9.59 Å². The highest BCUT2D eigenvalue weighted by Gasteiger charge is 2.68. The lowest BCUT2D eigenvalue weighted by Gasteiger charge is -2.64. The van der Waals surface area contributed by atoms with Crippen LogP contribution < -0.4 is 30.2 Å². The molecule has 3 aromatic rings. The van der Waals surface area contributed by atoms with Gasteiger partial charge in [0.05, 0.1) is 39.0 Å². The SMILES string of the molecule is COc1cc(C[C@H](Nc2cccc(-c3ccccc3)c2)C(=O)N[C@@H](C)C(=O)N[C@@H](CC(C)C)B2O[C@@H]3C[C@@H]4C[C@@H](C4(C)C)[C@]3(C)O2)cc(OC)c1OC. The number of ether oxygens (including phenoxy) is 3. The lowest BCUT2D eigenvalue weighted by molar-refractivity contribution is -0.199. The Morgan fingerprint density at radius 3 is 2.15 bits per heavy atom. The van der Waals surface area contributed by atoms with Gasteiger partial charge in [0, 0.05) is 12.1 Å². The van der Waals surface area contributed by atoms with E-state index in [2.05, 4.69) is 50.6 Å². The summed E-state index contributed by atoms with van der Waals surface area (Å²) in [7, 11) is 4.12. The molecule has 3 aromatic carbocycles. The van der Waals surface area contributed by atoms with E-state index in [4.69, 9.17) is 23.5 Å². The number of amides is 2. The molecule has 0 aromatic heterocycles. The molecule has 284 valence electrons. The van der Waals surface area contributed by atoms with Crippen molar-refractivity contribution in [3.8, 4) is 28.4 Å². The highest BCUT2D eigenvalue weighted by atomic mass is 16.7. The van der Waals surface area contributed by atoms with Gasteiger partial charge in [0.2, 0.25) is 17.6 Å². The van der Waals surface area contributed by atoms with Crippen molar-refractivity contribution in [2.75, 3.05) is 26.6 Å². The Balaban J connectivity index is 1.20. The molecule has 53 heavy (non-hydrogen) atoms. The van der Waals surface area contributed by atoms with Crippen LogP contribution in [0.4, 0.5) is 5.69 Å². The zero-order chi connectivity index (χ0) is 38.1. The molecule has 1 saturated heterocycles. The summed E-state index contributed by atoms with van der Waals surface area (Å²) < 4.78 is 30.1. The Kier molecular flexibility index (Phi) is 11.4. The molecule has 7 rings (SSSR count). The maximum absolute atomic E-state index is 14.2. The Morgan fingerprint density at radius 1 is 0.849 bits per heavy atom. The van der Waals surface area contributed by atoms with Gasteiger partial charge in [0.25, 0.3) is 0 Å². The van der Waals surface area contributed by atoms with Gasteiger partial charge in [-0.25, -0.2) is 0 Å². The molecule has 0 spiro atoms. The van der Waals surface area contributed by atoms with E-state index in [-0.39, 0.29) is 47.2 Å². The minimum atomic E-state index is -0.830. The standard InChI is InChI=1S/C42H56BN3O7/c1-25(2)18-37(43-52-36-24-30-23-35(41(30,4)5)42(36,6)53-43)46-39(47)26(3)44-40(48)32(19-27-20-33(49-7)38(51-9)34(21-27)50-8)45-31-17-13-16-29(22-31)28-14-11-10-12-15-28/h10-17,20-22,25-26,30,32,35-37,45H,18-19,23-24H2,1-9H3,(H,44,48)(H,46,47)/t26-,30-,32-,35-,36+,37-,42-/m0/s1. The zero-order valence-corrected chi connectivity index (χ0v) is 32.7. The molecule has 3 aliphatic carbocycles. The van der Waals surface area contributed by atoms with Crippen molar-refractivity contribution in [2.45, 2.75) is 97.0 Å². The number of benzene rings is 3. The molecule has 0 unspecified atom stereocenters. The third kappa shape index (κ3) is 7.87. The van der Waals surface area contributed by atoms with Crippen LogP contribution in [0.2, 0.25) is 0 Å². The number of carbonyl (C=O) groups is 2. The van der Waals surface area contributed by atoms with Crippen molar-refractivity contribution < 1.29 is 33.1 Å². The lowest BCUT2D eigenvalue weighted by Crippen LogP contribution is -2.65. The summed E-state index contributed by atoms with van der Waals surface area (Å²) in [4.78, 5) is 28.1. The normalized spacial score (nSPS) is 24.3. The first kappa shape index (κ1) is 38.5. The third-order valence-electron chi connectivity index (χ3n) is 11.9. The number of hydrogen-bond donors (Lipinski definition) is 3. The average Bonchev–Trinajstić information content (AvgIpc) is 3.51. The van der Waals surface area contributed by atoms with E-state index in [1.54, 1.807) is 28.3 Å². The van der Waals surface area contributed by atoms with Crippen LogP contribution in [0.25, 0.3) is 11.1 Å². The Hall–Kier alpha value is -4.22. The van der Waals surface area contributed by atoms with Crippen LogP contribution in [0.15, 0.2) is 66.7 Å². The molecule has 3 saturated carbocycles. The number of hydrogen-bond acceptors (Lipinski definition) is 8. The second kappa shape index (κ2) is 15.6. The monoisotopic (exact) mass is 725 g/mol. The fourth-order valence-electron chi connectivity index (χ4n) is 8.82. The minimum Gasteiger partial charge on any atom is -0.493 e. The summed E-state index contributed by atoms with van der Waals surface area (Å²) in [6.45, 7) is 12.8. The van der Waals surface area contributed by atoms with Crippen molar-refractivity contribution in [3.05, 3.63) is 72.3 Å². The quantitative estimate of drug-likeness (QED) is 0.148. The second-order valence-corrected chi connectivity index (χ2v) is 16.2. The molecule has 2 amide bonds. The van der Waals surface area contributed by atoms with Crippen LogP contribution in [-0.4, -0.2) is 70.0 Å². The van der Waals surface area contributed by atoms with Crippen molar-refractivity contribution in [1.82, 2.24) is 10.6 Å². The van der Waals surface area contributed by atoms with E-state index in [0.29, 0.717) is 35.5 Å². The van der Waals surface area contributed by atoms with Crippen molar-refractivity contribution >= 4 is 24.6 Å². The third-order valence-corrected chi connectivity index (χ3v) is 11.9. The first-order valence-corrected chi connectivity index (χ1v) is 18.9. The molecule has 10 nitrogen and oxygen atoms in total. The zero-order valence-electron chi connectivity index (χ0n) is 32.7. The van der Waals surface area contributed by atoms with Crippen LogP contribution in [0.3, 0.4) is 0 Å². The van der Waals surface area contributed by atoms with E-state index in [0.717, 1.165) is 35.2 Å². The van der Waals surface area contributed by atoms with Crippen LogP contribution in [0.1, 0.15) is 66.4 Å². The maximum atomic E-state index is 14.2. The van der Waals surface area contributed by atoms with Gasteiger partial charge in [-0.05, 0) is 97.2 Å². The van der Waals surface area contributed by atoms with E-state index < -0.39 is 19.2 Å². The number of anilines is 1. The molecule has 4 aliphatic rings. The Morgan fingerprint density at radius 2 is 1.53 bits per heavy atom.